The lowest BCUT2D eigenvalue weighted by atomic mass is 9.94. The van der Waals surface area contributed by atoms with Crippen molar-refractivity contribution in [3.05, 3.63) is 218 Å². The fourth-order valence-corrected chi connectivity index (χ4v) is 9.44. The number of aryl methyl sites for hydroxylation is 2. The van der Waals surface area contributed by atoms with Crippen molar-refractivity contribution >= 4 is 55.9 Å². The molecule has 0 spiro atoms. The highest BCUT2D eigenvalue weighted by molar-refractivity contribution is 6.11. The van der Waals surface area contributed by atoms with Gasteiger partial charge in [-0.3, -0.25) is 4.57 Å². The maximum absolute atomic E-state index is 8.44. The summed E-state index contributed by atoms with van der Waals surface area (Å²) in [5, 5.41) is 2.26. The van der Waals surface area contributed by atoms with Gasteiger partial charge in [-0.25, -0.2) is 4.98 Å². The van der Waals surface area contributed by atoms with Crippen molar-refractivity contribution in [2.45, 2.75) is 13.8 Å². The summed E-state index contributed by atoms with van der Waals surface area (Å²) < 4.78 is 27.6. The Morgan fingerprint density at radius 2 is 1.15 bits per heavy atom. The number of para-hydroxylation sites is 4. The molecule has 10 aromatic rings. The van der Waals surface area contributed by atoms with Gasteiger partial charge in [0.25, 0.3) is 0 Å². The van der Waals surface area contributed by atoms with Crippen LogP contribution in [-0.4, -0.2) is 23.2 Å². The molecule has 0 amide bonds. The van der Waals surface area contributed by atoms with Gasteiger partial charge in [-0.05, 0) is 108 Å². The summed E-state index contributed by atoms with van der Waals surface area (Å²) in [7, 11) is 0. The van der Waals surface area contributed by atoms with Crippen LogP contribution < -0.4 is 14.7 Å². The average molecular weight is 803 g/mol. The van der Waals surface area contributed by atoms with Gasteiger partial charge in [-0.15, -0.1) is 0 Å². The summed E-state index contributed by atoms with van der Waals surface area (Å²) in [6, 6.07) is 70.0. The van der Waals surface area contributed by atoms with Crippen LogP contribution in [0, 0.1) is 13.8 Å². The minimum Gasteiger partial charge on any atom is -0.355 e. The van der Waals surface area contributed by atoms with Crippen LogP contribution in [0.1, 0.15) is 15.2 Å². The first-order chi connectivity index (χ1) is 31.7. The van der Waals surface area contributed by atoms with Crippen LogP contribution in [0.5, 0.6) is 0 Å². The number of pyridine rings is 1. The van der Waals surface area contributed by atoms with Gasteiger partial charge in [0.2, 0.25) is 0 Å². The van der Waals surface area contributed by atoms with Crippen LogP contribution in [0.25, 0.3) is 61.0 Å². The van der Waals surface area contributed by atoms with Crippen LogP contribution in [-0.2, 0) is 0 Å². The number of rotatable bonds is 8. The lowest BCUT2D eigenvalue weighted by Crippen LogP contribution is -2.24. The first-order valence-electron chi connectivity index (χ1n) is 22.6. The van der Waals surface area contributed by atoms with E-state index in [1.165, 1.54) is 21.6 Å². The predicted octanol–water partition coefficient (Wildman–Crippen LogP) is 14.8. The molecule has 0 aliphatic carbocycles. The minimum absolute atomic E-state index is 0.190. The number of hydrogen-bond donors (Lipinski definition) is 0. The molecule has 5 heteroatoms. The number of anilines is 6. The fourth-order valence-electron chi connectivity index (χ4n) is 9.44. The quantitative estimate of drug-likeness (QED) is 0.153. The molecule has 0 saturated heterocycles. The van der Waals surface area contributed by atoms with Crippen molar-refractivity contribution in [1.82, 2.24) is 9.55 Å². The van der Waals surface area contributed by atoms with E-state index in [0.717, 1.165) is 83.9 Å². The van der Waals surface area contributed by atoms with Gasteiger partial charge in [0.1, 0.15) is 5.82 Å². The van der Waals surface area contributed by atoms with Crippen molar-refractivity contribution in [1.29, 1.82) is 0 Å². The second-order valence-corrected chi connectivity index (χ2v) is 16.0. The first kappa shape index (κ1) is 33.9. The first-order valence-corrected chi connectivity index (χ1v) is 21.1. The Kier molecular flexibility index (Phi) is 8.36. The summed E-state index contributed by atoms with van der Waals surface area (Å²) in [4.78, 5) is 11.0. The molecule has 0 fully saturated rings. The Bertz CT molecular complexity index is 3320. The number of aromatic nitrogens is 2. The van der Waals surface area contributed by atoms with Gasteiger partial charge in [0, 0.05) is 56.2 Å². The third kappa shape index (κ3) is 6.29. The SMILES string of the molecule is [2H]C([2H])([2H])N1CN(c2cccc(N(c3ccc4c5ccccc5n(-c5cc(-c6c(C)cccc6C)ccn5)c4c3)c3c(-c4ccccc4)cccc3-c3ccccc3)c2)c2ccccc21. The molecule has 11 rings (SSSR count). The molecule has 1 aliphatic heterocycles. The second-order valence-electron chi connectivity index (χ2n) is 16.0. The zero-order valence-corrected chi connectivity index (χ0v) is 34.6. The lowest BCUT2D eigenvalue weighted by molar-refractivity contribution is 0.949. The summed E-state index contributed by atoms with van der Waals surface area (Å²) >= 11 is 0. The van der Waals surface area contributed by atoms with E-state index < -0.39 is 6.98 Å². The molecule has 298 valence electrons. The summed E-state index contributed by atoms with van der Waals surface area (Å²) in [6.07, 6.45) is 1.92. The number of fused-ring (bicyclic) bond motifs is 4. The molecule has 0 radical (unpaired) electrons. The van der Waals surface area contributed by atoms with E-state index in [4.69, 9.17) is 9.10 Å². The van der Waals surface area contributed by atoms with E-state index in [9.17, 15) is 0 Å². The molecular formula is C57H45N5. The van der Waals surface area contributed by atoms with E-state index in [1.54, 1.807) is 0 Å². The van der Waals surface area contributed by atoms with Crippen molar-refractivity contribution in [2.24, 2.45) is 0 Å². The molecule has 3 heterocycles. The molecule has 8 aromatic carbocycles. The van der Waals surface area contributed by atoms with Crippen molar-refractivity contribution in [3.63, 3.8) is 0 Å². The number of hydrogen-bond acceptors (Lipinski definition) is 4. The van der Waals surface area contributed by atoms with Crippen molar-refractivity contribution in [2.75, 3.05) is 28.3 Å². The van der Waals surface area contributed by atoms with Gasteiger partial charge < -0.3 is 14.7 Å². The molecule has 5 nitrogen and oxygen atoms in total. The Labute approximate surface area is 367 Å². The highest BCUT2D eigenvalue weighted by atomic mass is 15.4. The monoisotopic (exact) mass is 802 g/mol. The topological polar surface area (TPSA) is 27.5 Å². The average Bonchev–Trinajstić information content (AvgIpc) is 3.89. The zero-order chi connectivity index (χ0) is 44.2. The van der Waals surface area contributed by atoms with E-state index in [-0.39, 0.29) is 6.67 Å². The Hall–Kier alpha value is -7.89. The van der Waals surface area contributed by atoms with Gasteiger partial charge in [0.15, 0.2) is 0 Å². The minimum atomic E-state index is -2.31. The molecular weight excluding hydrogens is 755 g/mol. The molecule has 1 aliphatic rings. The maximum Gasteiger partial charge on any atom is 0.138 e. The zero-order valence-electron chi connectivity index (χ0n) is 37.6. The van der Waals surface area contributed by atoms with E-state index in [1.807, 2.05) is 30.5 Å². The summed E-state index contributed by atoms with van der Waals surface area (Å²) in [5.74, 6) is 0.836. The Morgan fingerprint density at radius 1 is 0.516 bits per heavy atom. The second kappa shape index (κ2) is 15.3. The largest absolute Gasteiger partial charge is 0.355 e. The van der Waals surface area contributed by atoms with E-state index >= 15 is 0 Å². The molecule has 0 bridgehead atoms. The van der Waals surface area contributed by atoms with Gasteiger partial charge >= 0.3 is 0 Å². The van der Waals surface area contributed by atoms with Crippen LogP contribution >= 0.6 is 0 Å². The maximum atomic E-state index is 8.44. The van der Waals surface area contributed by atoms with Gasteiger partial charge in [-0.1, -0.05) is 140 Å². The Balaban J connectivity index is 1.18. The normalized spacial score (nSPS) is 13.2. The molecule has 0 unspecified atom stereocenters. The smallest absolute Gasteiger partial charge is 0.138 e. The van der Waals surface area contributed by atoms with Gasteiger partial charge in [0.05, 0.1) is 34.8 Å². The van der Waals surface area contributed by atoms with Crippen LogP contribution in [0.2, 0.25) is 0 Å². The van der Waals surface area contributed by atoms with Crippen LogP contribution in [0.15, 0.2) is 206 Å². The highest BCUT2D eigenvalue weighted by Crippen LogP contribution is 2.49. The molecule has 2 aromatic heterocycles. The standard InChI is InChI=1S/C57H45N5/c1-39-17-14-18-40(2)56(39)43-33-34-58-55(35-43)62-51-28-11-10-25-49(51)50-32-31-46(37-54(50)62)61(45-24-15-23-44(36-45)60-38-59(3)52-29-12-13-30-53(52)60)57-47(41-19-6-4-7-20-41)26-16-27-48(57)42-21-8-5-9-22-42/h4-37H,38H2,1-3H3/i3D3. The van der Waals surface area contributed by atoms with E-state index in [2.05, 4.69) is 204 Å². The Morgan fingerprint density at radius 3 is 1.89 bits per heavy atom. The van der Waals surface area contributed by atoms with Crippen molar-refractivity contribution in [3.8, 4) is 39.2 Å². The lowest BCUT2D eigenvalue weighted by Gasteiger charge is -2.31. The van der Waals surface area contributed by atoms with E-state index in [0.29, 0.717) is 5.69 Å². The third-order valence-electron chi connectivity index (χ3n) is 12.2. The third-order valence-corrected chi connectivity index (χ3v) is 12.2. The predicted molar refractivity (Wildman–Crippen MR) is 261 cm³/mol. The fraction of sp³-hybridized carbons (Fsp3) is 0.0702. The number of benzene rings is 8. The van der Waals surface area contributed by atoms with Crippen LogP contribution in [0.4, 0.5) is 34.1 Å². The molecule has 0 atom stereocenters. The summed E-state index contributed by atoms with van der Waals surface area (Å²) in [5.41, 5.74) is 16.5. The molecule has 62 heavy (non-hydrogen) atoms. The number of nitrogens with zero attached hydrogens (tertiary/aromatic N) is 5. The highest BCUT2D eigenvalue weighted by Gasteiger charge is 2.27. The van der Waals surface area contributed by atoms with Crippen molar-refractivity contribution < 1.29 is 4.11 Å². The molecule has 0 N–H and O–H groups in total. The summed E-state index contributed by atoms with van der Waals surface area (Å²) in [6.45, 7) is 2.22. The molecule has 0 saturated carbocycles. The van der Waals surface area contributed by atoms with Crippen LogP contribution in [0.3, 0.4) is 0 Å². The van der Waals surface area contributed by atoms with Gasteiger partial charge in [-0.2, -0.15) is 0 Å².